The summed E-state index contributed by atoms with van der Waals surface area (Å²) in [6.45, 7) is 15.6. The largest absolute Gasteiger partial charge is 0.269 e. The zero-order valence-corrected chi connectivity index (χ0v) is 17.7. The minimum atomic E-state index is 0.602. The smallest absolute Gasteiger partial charge is 0.168 e. The average Bonchev–Trinajstić information content (AvgIpc) is 3.24. The SMILES string of the molecule is C=CCc1c(C)cc(-c2nnc(-c3cc(CC(C)C)n(CC)n3)s2)cc1C. The van der Waals surface area contributed by atoms with Gasteiger partial charge in [-0.15, -0.1) is 16.8 Å². The fraction of sp³-hybridized carbons (Fsp3) is 0.409. The highest BCUT2D eigenvalue weighted by molar-refractivity contribution is 7.17. The van der Waals surface area contributed by atoms with Crippen molar-refractivity contribution in [3.63, 3.8) is 0 Å². The van der Waals surface area contributed by atoms with Gasteiger partial charge in [-0.05, 0) is 74.4 Å². The van der Waals surface area contributed by atoms with Crippen LogP contribution in [0.1, 0.15) is 43.2 Å². The summed E-state index contributed by atoms with van der Waals surface area (Å²) >= 11 is 1.61. The van der Waals surface area contributed by atoms with Crippen LogP contribution in [0.3, 0.4) is 0 Å². The van der Waals surface area contributed by atoms with E-state index < -0.39 is 0 Å². The van der Waals surface area contributed by atoms with Gasteiger partial charge in [0.1, 0.15) is 10.7 Å². The highest BCUT2D eigenvalue weighted by Gasteiger charge is 2.16. The number of allylic oxidation sites excluding steroid dienone is 1. The second-order valence-corrected chi connectivity index (χ2v) is 8.41. The van der Waals surface area contributed by atoms with Crippen molar-refractivity contribution in [2.45, 2.75) is 54.0 Å². The van der Waals surface area contributed by atoms with Gasteiger partial charge in [0.2, 0.25) is 0 Å². The lowest BCUT2D eigenvalue weighted by Crippen LogP contribution is -2.05. The number of hydrogen-bond donors (Lipinski definition) is 0. The van der Waals surface area contributed by atoms with Gasteiger partial charge >= 0.3 is 0 Å². The first-order valence-corrected chi connectivity index (χ1v) is 10.4. The Balaban J connectivity index is 1.93. The molecule has 0 aliphatic heterocycles. The van der Waals surface area contributed by atoms with Gasteiger partial charge in [-0.1, -0.05) is 31.3 Å². The topological polar surface area (TPSA) is 43.6 Å². The minimum absolute atomic E-state index is 0.602. The van der Waals surface area contributed by atoms with Gasteiger partial charge < -0.3 is 0 Å². The fourth-order valence-corrected chi connectivity index (χ4v) is 4.23. The first-order valence-electron chi connectivity index (χ1n) is 9.54. The third-order valence-electron chi connectivity index (χ3n) is 4.72. The monoisotopic (exact) mass is 380 g/mol. The van der Waals surface area contributed by atoms with Crippen LogP contribution in [0.25, 0.3) is 21.3 Å². The number of aryl methyl sites for hydroxylation is 3. The lowest BCUT2D eigenvalue weighted by molar-refractivity contribution is 0.563. The first kappa shape index (κ1) is 19.5. The molecule has 0 N–H and O–H groups in total. The maximum atomic E-state index is 4.75. The second-order valence-electron chi connectivity index (χ2n) is 7.43. The van der Waals surface area contributed by atoms with Gasteiger partial charge in [-0.25, -0.2) is 0 Å². The Morgan fingerprint density at radius 3 is 2.37 bits per heavy atom. The van der Waals surface area contributed by atoms with Crippen LogP contribution in [0.15, 0.2) is 30.9 Å². The molecule has 0 amide bonds. The van der Waals surface area contributed by atoms with Crippen LogP contribution in [0.2, 0.25) is 0 Å². The third kappa shape index (κ3) is 4.19. The van der Waals surface area contributed by atoms with Gasteiger partial charge in [0.05, 0.1) is 0 Å². The zero-order valence-electron chi connectivity index (χ0n) is 16.9. The summed E-state index contributed by atoms with van der Waals surface area (Å²) in [7, 11) is 0. The van der Waals surface area contributed by atoms with E-state index in [0.29, 0.717) is 5.92 Å². The molecule has 1 aromatic carbocycles. The van der Waals surface area contributed by atoms with Crippen molar-refractivity contribution in [2.24, 2.45) is 5.92 Å². The third-order valence-corrected chi connectivity index (χ3v) is 5.71. The van der Waals surface area contributed by atoms with Crippen LogP contribution in [0, 0.1) is 19.8 Å². The first-order chi connectivity index (χ1) is 12.9. The summed E-state index contributed by atoms with van der Waals surface area (Å²) in [5.74, 6) is 0.602. The van der Waals surface area contributed by atoms with Gasteiger partial charge in [0.15, 0.2) is 5.01 Å². The van der Waals surface area contributed by atoms with E-state index in [4.69, 9.17) is 5.10 Å². The molecule has 4 nitrogen and oxygen atoms in total. The lowest BCUT2D eigenvalue weighted by Gasteiger charge is -2.09. The molecule has 142 valence electrons. The Morgan fingerprint density at radius 1 is 1.11 bits per heavy atom. The Morgan fingerprint density at radius 2 is 1.78 bits per heavy atom. The van der Waals surface area contributed by atoms with Crippen molar-refractivity contribution >= 4 is 11.3 Å². The average molecular weight is 381 g/mol. The van der Waals surface area contributed by atoms with E-state index in [9.17, 15) is 0 Å². The number of aromatic nitrogens is 4. The highest BCUT2D eigenvalue weighted by atomic mass is 32.1. The van der Waals surface area contributed by atoms with E-state index >= 15 is 0 Å². The molecule has 0 atom stereocenters. The van der Waals surface area contributed by atoms with E-state index in [2.05, 4.69) is 74.3 Å². The molecule has 0 fully saturated rings. The summed E-state index contributed by atoms with van der Waals surface area (Å²) < 4.78 is 2.08. The minimum Gasteiger partial charge on any atom is -0.269 e. The number of rotatable bonds is 7. The van der Waals surface area contributed by atoms with Crippen LogP contribution in [-0.4, -0.2) is 20.0 Å². The van der Waals surface area contributed by atoms with Gasteiger partial charge in [-0.3, -0.25) is 4.68 Å². The fourth-order valence-electron chi connectivity index (χ4n) is 3.44. The molecule has 0 saturated carbocycles. The van der Waals surface area contributed by atoms with Crippen LogP contribution < -0.4 is 0 Å². The Hall–Kier alpha value is -2.27. The number of nitrogens with zero attached hydrogens (tertiary/aromatic N) is 4. The normalized spacial score (nSPS) is 11.3. The van der Waals surface area contributed by atoms with Crippen molar-refractivity contribution in [2.75, 3.05) is 0 Å². The van der Waals surface area contributed by atoms with Gasteiger partial charge in [0, 0.05) is 17.8 Å². The predicted octanol–water partition coefficient (Wildman–Crippen LogP) is 5.63. The van der Waals surface area contributed by atoms with E-state index in [-0.39, 0.29) is 0 Å². The quantitative estimate of drug-likeness (QED) is 0.499. The zero-order chi connectivity index (χ0) is 19.6. The molecule has 0 unspecified atom stereocenters. The molecule has 5 heteroatoms. The molecule has 0 aliphatic carbocycles. The van der Waals surface area contributed by atoms with Crippen LogP contribution in [0.4, 0.5) is 0 Å². The van der Waals surface area contributed by atoms with Crippen LogP contribution in [0.5, 0.6) is 0 Å². The summed E-state index contributed by atoms with van der Waals surface area (Å²) in [5, 5.41) is 15.4. The molecule has 2 aromatic heterocycles. The molecule has 0 radical (unpaired) electrons. The maximum absolute atomic E-state index is 4.75. The highest BCUT2D eigenvalue weighted by Crippen LogP contribution is 2.32. The van der Waals surface area contributed by atoms with E-state index in [1.54, 1.807) is 11.3 Å². The van der Waals surface area contributed by atoms with E-state index in [1.165, 1.54) is 22.4 Å². The molecule has 0 saturated heterocycles. The molecular formula is C22H28N4S. The maximum Gasteiger partial charge on any atom is 0.168 e. The molecule has 2 heterocycles. The van der Waals surface area contributed by atoms with Crippen LogP contribution in [-0.2, 0) is 19.4 Å². The lowest BCUT2D eigenvalue weighted by atomic mass is 9.97. The number of benzene rings is 1. The summed E-state index contributed by atoms with van der Waals surface area (Å²) in [4.78, 5) is 0. The molecule has 0 bridgehead atoms. The van der Waals surface area contributed by atoms with Gasteiger partial charge in [-0.2, -0.15) is 5.10 Å². The van der Waals surface area contributed by atoms with Crippen molar-refractivity contribution in [1.29, 1.82) is 0 Å². The molecular weight excluding hydrogens is 352 g/mol. The number of hydrogen-bond acceptors (Lipinski definition) is 4. The summed E-state index contributed by atoms with van der Waals surface area (Å²) in [6.07, 6.45) is 3.87. The van der Waals surface area contributed by atoms with Crippen molar-refractivity contribution in [3.05, 3.63) is 53.2 Å². The molecule has 3 aromatic rings. The Bertz CT molecular complexity index is 926. The van der Waals surface area contributed by atoms with Gasteiger partial charge in [0.25, 0.3) is 0 Å². The Labute approximate surface area is 166 Å². The molecule has 27 heavy (non-hydrogen) atoms. The standard InChI is InChI=1S/C22H28N4S/c1-7-9-19-15(5)11-17(12-16(19)6)21-23-24-22(27-21)20-13-18(10-14(3)4)26(8-2)25-20/h7,11-14H,1,8-10H2,2-6H3. The van der Waals surface area contributed by atoms with Crippen LogP contribution >= 0.6 is 11.3 Å². The predicted molar refractivity (Wildman–Crippen MR) is 114 cm³/mol. The van der Waals surface area contributed by atoms with Crippen molar-refractivity contribution < 1.29 is 0 Å². The second kappa shape index (κ2) is 8.17. The van der Waals surface area contributed by atoms with Crippen molar-refractivity contribution in [1.82, 2.24) is 20.0 Å². The Kier molecular flexibility index (Phi) is 5.90. The molecule has 0 aliphatic rings. The molecule has 3 rings (SSSR count). The van der Waals surface area contributed by atoms with E-state index in [0.717, 1.165) is 40.7 Å². The van der Waals surface area contributed by atoms with E-state index in [1.807, 2.05) is 6.08 Å². The molecule has 0 spiro atoms. The summed E-state index contributed by atoms with van der Waals surface area (Å²) in [6, 6.07) is 6.56. The van der Waals surface area contributed by atoms with Crippen molar-refractivity contribution in [3.8, 4) is 21.3 Å². The summed E-state index contributed by atoms with van der Waals surface area (Å²) in [5.41, 5.74) is 7.21.